The zero-order chi connectivity index (χ0) is 17.9. The first kappa shape index (κ1) is 17.8. The summed E-state index contributed by atoms with van der Waals surface area (Å²) < 4.78 is 12.7. The largest absolute Gasteiger partial charge is 0.463 e. The number of fused-ring (bicyclic) bond motifs is 1. The quantitative estimate of drug-likeness (QED) is 0.820. The summed E-state index contributed by atoms with van der Waals surface area (Å²) in [5.74, 6) is 0.965. The average Bonchev–Trinajstić information content (AvgIpc) is 2.98. The molecule has 9 heteroatoms. The predicted octanol–water partition coefficient (Wildman–Crippen LogP) is 2.30. The number of nitrogens with zero attached hydrogens (tertiary/aromatic N) is 4. The molecule has 1 aliphatic carbocycles. The van der Waals surface area contributed by atoms with Crippen molar-refractivity contribution < 1.29 is 14.6 Å². The van der Waals surface area contributed by atoms with Gasteiger partial charge in [-0.1, -0.05) is 30.9 Å². The van der Waals surface area contributed by atoms with Crippen molar-refractivity contribution in [3.8, 4) is 6.01 Å². The van der Waals surface area contributed by atoms with Crippen molar-refractivity contribution in [3.05, 3.63) is 11.3 Å². The van der Waals surface area contributed by atoms with Gasteiger partial charge in [0.2, 0.25) is 5.95 Å². The number of aliphatic hydroxyl groups excluding tert-OH is 1. The molecule has 0 aromatic carbocycles. The van der Waals surface area contributed by atoms with Gasteiger partial charge in [-0.25, -0.2) is 4.98 Å². The normalized spacial score (nSPS) is 24.7. The van der Waals surface area contributed by atoms with Gasteiger partial charge in [0.05, 0.1) is 31.6 Å². The number of rotatable bonds is 5. The lowest BCUT2D eigenvalue weighted by Crippen LogP contribution is -2.42. The maximum atomic E-state index is 10.0. The molecule has 2 atom stereocenters. The third kappa shape index (κ3) is 3.87. The zero-order valence-electron chi connectivity index (χ0n) is 14.6. The number of aliphatic hydroxyl groups is 1. The van der Waals surface area contributed by atoms with Crippen LogP contribution in [0.5, 0.6) is 6.01 Å². The van der Waals surface area contributed by atoms with Crippen LogP contribution in [0.3, 0.4) is 0 Å². The molecule has 8 nitrogen and oxygen atoms in total. The highest BCUT2D eigenvalue weighted by Crippen LogP contribution is 2.26. The summed E-state index contributed by atoms with van der Waals surface area (Å²) in [5, 5.41) is 18.0. The summed E-state index contributed by atoms with van der Waals surface area (Å²) in [6, 6.07) is 0.236. The van der Waals surface area contributed by atoms with Crippen molar-refractivity contribution in [2.45, 2.75) is 50.7 Å². The van der Waals surface area contributed by atoms with E-state index in [4.69, 9.17) is 21.1 Å². The summed E-state index contributed by atoms with van der Waals surface area (Å²) in [6.45, 7) is 1.54. The highest BCUT2D eigenvalue weighted by atomic mass is 35.5. The first-order chi connectivity index (χ1) is 12.7. The van der Waals surface area contributed by atoms with Crippen LogP contribution in [-0.4, -0.2) is 56.7 Å². The predicted molar refractivity (Wildman–Crippen MR) is 96.7 cm³/mol. The fourth-order valence-electron chi connectivity index (χ4n) is 3.59. The third-order valence-electron chi connectivity index (χ3n) is 5.13. The fourth-order valence-corrected chi connectivity index (χ4v) is 3.79. The van der Waals surface area contributed by atoms with E-state index in [1.165, 1.54) is 32.1 Å². The zero-order valence-corrected chi connectivity index (χ0v) is 15.4. The Morgan fingerprint density at radius 2 is 2.15 bits per heavy atom. The lowest BCUT2D eigenvalue weighted by molar-refractivity contribution is -0.0136. The minimum atomic E-state index is -0.587. The van der Waals surface area contributed by atoms with Crippen molar-refractivity contribution in [2.75, 3.05) is 25.1 Å². The van der Waals surface area contributed by atoms with Gasteiger partial charge in [-0.05, 0) is 25.2 Å². The molecule has 4 rings (SSSR count). The van der Waals surface area contributed by atoms with Gasteiger partial charge in [0.15, 0.2) is 5.15 Å². The Hall–Kier alpha value is -1.64. The van der Waals surface area contributed by atoms with E-state index in [9.17, 15) is 5.11 Å². The maximum absolute atomic E-state index is 10.0. The number of ether oxygens (including phenoxy) is 2. The molecule has 2 aliphatic rings. The van der Waals surface area contributed by atoms with Crippen LogP contribution in [0.2, 0.25) is 5.15 Å². The summed E-state index contributed by atoms with van der Waals surface area (Å²) in [6.07, 6.45) is 7.95. The molecule has 1 saturated heterocycles. The Labute approximate surface area is 156 Å². The summed E-state index contributed by atoms with van der Waals surface area (Å²) in [7, 11) is 0. The van der Waals surface area contributed by atoms with Crippen LogP contribution < -0.4 is 10.1 Å². The van der Waals surface area contributed by atoms with Crippen LogP contribution in [-0.2, 0) is 4.74 Å². The van der Waals surface area contributed by atoms with Gasteiger partial charge < -0.3 is 19.9 Å². The van der Waals surface area contributed by atoms with Crippen molar-refractivity contribution >= 4 is 23.1 Å². The Bertz CT molecular complexity index is 749. The van der Waals surface area contributed by atoms with E-state index < -0.39 is 6.10 Å². The van der Waals surface area contributed by atoms with Crippen molar-refractivity contribution in [1.82, 2.24) is 19.6 Å². The van der Waals surface area contributed by atoms with Gasteiger partial charge in [0.1, 0.15) is 5.52 Å². The maximum Gasteiger partial charge on any atom is 0.319 e. The molecular formula is C17H24ClN5O3. The molecule has 2 aromatic rings. The lowest BCUT2D eigenvalue weighted by Gasteiger charge is -2.28. The molecule has 142 valence electrons. The average molecular weight is 382 g/mol. The van der Waals surface area contributed by atoms with Crippen LogP contribution in [0.1, 0.15) is 38.5 Å². The van der Waals surface area contributed by atoms with Crippen LogP contribution in [0.15, 0.2) is 6.20 Å². The highest BCUT2D eigenvalue weighted by Gasteiger charge is 2.25. The Morgan fingerprint density at radius 3 is 2.96 bits per heavy atom. The molecule has 1 saturated carbocycles. The molecule has 0 amide bonds. The van der Waals surface area contributed by atoms with Crippen molar-refractivity contribution in [1.29, 1.82) is 0 Å². The molecule has 2 fully saturated rings. The van der Waals surface area contributed by atoms with E-state index in [1.54, 1.807) is 10.7 Å². The van der Waals surface area contributed by atoms with Crippen molar-refractivity contribution in [3.63, 3.8) is 0 Å². The van der Waals surface area contributed by atoms with Crippen LogP contribution in [0, 0.1) is 5.92 Å². The number of hydrogen-bond donors (Lipinski definition) is 2. The standard InChI is InChI=1S/C17H24ClN5O3/c18-15-13-8-19-16(20-12-6-7-25-10-14(12)24)22-23(13)17(21-15)26-9-11-4-2-1-3-5-11/h8,11-12,14,24H,1-7,9-10H2,(H,20,22)/t12-,14-/m1/s1. The van der Waals surface area contributed by atoms with Crippen LogP contribution in [0.4, 0.5) is 5.95 Å². The van der Waals surface area contributed by atoms with Gasteiger partial charge in [-0.3, -0.25) is 0 Å². The van der Waals surface area contributed by atoms with E-state index in [-0.39, 0.29) is 6.04 Å². The second-order valence-electron chi connectivity index (χ2n) is 7.06. The molecule has 0 unspecified atom stereocenters. The molecule has 3 heterocycles. The van der Waals surface area contributed by atoms with Crippen molar-refractivity contribution in [2.24, 2.45) is 5.92 Å². The molecule has 0 radical (unpaired) electrons. The summed E-state index contributed by atoms with van der Waals surface area (Å²) in [5.41, 5.74) is 0.600. The van der Waals surface area contributed by atoms with Gasteiger partial charge in [-0.2, -0.15) is 9.50 Å². The smallest absolute Gasteiger partial charge is 0.319 e. The van der Waals surface area contributed by atoms with E-state index >= 15 is 0 Å². The fraction of sp³-hybridized carbons (Fsp3) is 0.706. The molecule has 0 spiro atoms. The number of hydrogen-bond acceptors (Lipinski definition) is 7. The van der Waals surface area contributed by atoms with Gasteiger partial charge in [0.25, 0.3) is 0 Å². The second-order valence-corrected chi connectivity index (χ2v) is 7.42. The molecular weight excluding hydrogens is 358 g/mol. The number of imidazole rings is 1. The lowest BCUT2D eigenvalue weighted by atomic mass is 9.90. The topological polar surface area (TPSA) is 93.8 Å². The Balaban J connectivity index is 1.50. The number of aromatic nitrogens is 4. The van der Waals surface area contributed by atoms with Gasteiger partial charge in [-0.15, -0.1) is 5.10 Å². The first-order valence-corrected chi connectivity index (χ1v) is 9.65. The third-order valence-corrected chi connectivity index (χ3v) is 5.41. The van der Waals surface area contributed by atoms with Crippen LogP contribution >= 0.6 is 11.6 Å². The minimum Gasteiger partial charge on any atom is -0.463 e. The summed E-state index contributed by atoms with van der Waals surface area (Å²) in [4.78, 5) is 8.57. The highest BCUT2D eigenvalue weighted by molar-refractivity contribution is 6.32. The summed E-state index contributed by atoms with van der Waals surface area (Å²) >= 11 is 6.20. The number of nitrogens with one attached hydrogen (secondary N) is 1. The Kier molecular flexibility index (Phi) is 5.42. The number of halogens is 1. The van der Waals surface area contributed by atoms with E-state index in [0.717, 1.165) is 0 Å². The second kappa shape index (κ2) is 7.94. The van der Waals surface area contributed by atoms with E-state index in [2.05, 4.69) is 20.4 Å². The van der Waals surface area contributed by atoms with E-state index in [0.29, 0.717) is 54.8 Å². The van der Waals surface area contributed by atoms with E-state index in [1.807, 2.05) is 0 Å². The van der Waals surface area contributed by atoms with Gasteiger partial charge >= 0.3 is 6.01 Å². The molecule has 1 aliphatic heterocycles. The first-order valence-electron chi connectivity index (χ1n) is 9.27. The SMILES string of the molecule is O[C@@H]1COCC[C@H]1Nc1ncc2c(Cl)nc(OCC3CCCCC3)n2n1. The number of anilines is 1. The monoisotopic (exact) mass is 381 g/mol. The van der Waals surface area contributed by atoms with Crippen LogP contribution in [0.25, 0.3) is 5.52 Å². The van der Waals surface area contributed by atoms with Gasteiger partial charge in [0, 0.05) is 6.61 Å². The molecule has 26 heavy (non-hydrogen) atoms. The Morgan fingerprint density at radius 1 is 1.31 bits per heavy atom. The molecule has 2 aromatic heterocycles. The molecule has 0 bridgehead atoms. The molecule has 2 N–H and O–H groups in total. The minimum absolute atomic E-state index is 0.146.